The van der Waals surface area contributed by atoms with Crippen LogP contribution in [0.3, 0.4) is 0 Å². The lowest BCUT2D eigenvalue weighted by Gasteiger charge is -2.09. The summed E-state index contributed by atoms with van der Waals surface area (Å²) in [5.74, 6) is 0.507. The molecule has 2 aromatic rings. The van der Waals surface area contributed by atoms with E-state index in [9.17, 15) is 17.4 Å². The highest BCUT2D eigenvalue weighted by Gasteiger charge is 2.32. The molecule has 0 aliphatic heterocycles. The van der Waals surface area contributed by atoms with Gasteiger partial charge in [-0.15, -0.1) is 0 Å². The Morgan fingerprint density at radius 1 is 1.18 bits per heavy atom. The minimum Gasteiger partial charge on any atom is -0.495 e. The smallest absolute Gasteiger partial charge is 0.416 e. The van der Waals surface area contributed by atoms with Crippen molar-refractivity contribution in [2.45, 2.75) is 11.2 Å². The third kappa shape index (κ3) is 3.94. The van der Waals surface area contributed by atoms with Crippen molar-refractivity contribution in [3.8, 4) is 5.75 Å². The summed E-state index contributed by atoms with van der Waals surface area (Å²) in [6.45, 7) is 0. The molecular weight excluding hydrogens is 315 g/mol. The van der Waals surface area contributed by atoms with E-state index in [1.807, 2.05) is 0 Å². The van der Waals surface area contributed by atoms with Gasteiger partial charge in [0.25, 0.3) is 0 Å². The second kappa shape index (κ2) is 6.74. The first-order valence-corrected chi connectivity index (χ1v) is 7.38. The topological polar surface area (TPSA) is 39.2 Å². The molecule has 22 heavy (non-hydrogen) atoms. The molecule has 0 N–H and O–H groups in total. The zero-order valence-corrected chi connectivity index (χ0v) is 12.3. The molecule has 1 heterocycles. The first-order valence-electron chi connectivity index (χ1n) is 6.17. The van der Waals surface area contributed by atoms with Gasteiger partial charge in [0.05, 0.1) is 29.7 Å². The lowest BCUT2D eigenvalue weighted by atomic mass is 10.1. The Kier molecular flexibility index (Phi) is 4.97. The summed E-state index contributed by atoms with van der Waals surface area (Å²) in [5, 5.41) is 1.42. The van der Waals surface area contributed by atoms with Crippen LogP contribution in [-0.2, 0) is 17.0 Å². The van der Waals surface area contributed by atoms with Crippen LogP contribution in [0.5, 0.6) is 5.75 Å². The van der Waals surface area contributed by atoms with Crippen LogP contribution in [0.25, 0.3) is 6.08 Å². The maximum atomic E-state index is 12.8. The Morgan fingerprint density at radius 3 is 2.50 bits per heavy atom. The molecule has 0 radical (unpaired) electrons. The van der Waals surface area contributed by atoms with E-state index in [0.29, 0.717) is 5.75 Å². The number of aromatic nitrogens is 1. The Hall–Kier alpha value is -2.15. The van der Waals surface area contributed by atoms with Crippen LogP contribution in [-0.4, -0.2) is 16.3 Å². The van der Waals surface area contributed by atoms with Crippen molar-refractivity contribution in [1.29, 1.82) is 0 Å². The third-order valence-electron chi connectivity index (χ3n) is 2.79. The molecule has 0 amide bonds. The molecule has 0 aliphatic carbocycles. The fraction of sp³-hybridized carbons (Fsp3) is 0.133. The van der Waals surface area contributed by atoms with E-state index in [0.717, 1.165) is 6.07 Å². The number of ether oxygens (including phenoxy) is 1. The van der Waals surface area contributed by atoms with Gasteiger partial charge in [-0.25, -0.2) is 9.19 Å². The highest BCUT2D eigenvalue weighted by molar-refractivity contribution is 7.88. The van der Waals surface area contributed by atoms with E-state index in [-0.39, 0.29) is 10.6 Å². The molecule has 116 valence electrons. The van der Waals surface area contributed by atoms with E-state index >= 15 is 0 Å². The second-order valence-electron chi connectivity index (χ2n) is 4.22. The van der Waals surface area contributed by atoms with Crippen LogP contribution in [0.2, 0.25) is 0 Å². The van der Waals surface area contributed by atoms with Crippen molar-refractivity contribution in [3.63, 3.8) is 0 Å². The number of hydrogen-bond acceptors (Lipinski definition) is 3. The summed E-state index contributed by atoms with van der Waals surface area (Å²) in [7, 11) is -0.170. The number of pyridine rings is 1. The van der Waals surface area contributed by atoms with Crippen molar-refractivity contribution in [1.82, 2.24) is 4.98 Å². The number of rotatable bonds is 4. The van der Waals surface area contributed by atoms with Crippen molar-refractivity contribution in [2.24, 2.45) is 0 Å². The first kappa shape index (κ1) is 16.2. The van der Waals surface area contributed by atoms with E-state index in [4.69, 9.17) is 4.74 Å². The molecule has 7 heteroatoms. The average Bonchev–Trinajstić information content (AvgIpc) is 2.52. The summed E-state index contributed by atoms with van der Waals surface area (Å²) in [5.41, 5.74) is -0.817. The van der Waals surface area contributed by atoms with Crippen LogP contribution < -0.4 is 4.74 Å². The summed E-state index contributed by atoms with van der Waals surface area (Å²) in [6.07, 6.45) is -1.88. The molecule has 0 spiro atoms. The van der Waals surface area contributed by atoms with Gasteiger partial charge in [0.15, 0.2) is 0 Å². The minimum absolute atomic E-state index is 0.0446. The van der Waals surface area contributed by atoms with Crippen molar-refractivity contribution in [2.75, 3.05) is 7.11 Å². The van der Waals surface area contributed by atoms with Crippen LogP contribution >= 0.6 is 0 Å². The Balaban J connectivity index is 2.23. The van der Waals surface area contributed by atoms with Gasteiger partial charge in [0.2, 0.25) is 0 Å². The van der Waals surface area contributed by atoms with E-state index in [2.05, 4.69) is 4.98 Å². The first-order chi connectivity index (χ1) is 10.4. The van der Waals surface area contributed by atoms with Gasteiger partial charge in [0.1, 0.15) is 10.8 Å². The summed E-state index contributed by atoms with van der Waals surface area (Å²) in [6, 6.07) is 8.17. The highest BCUT2D eigenvalue weighted by atomic mass is 32.2. The SMILES string of the molecule is COc1ccc(S(=O)/C=C/c2ccccc2C(F)(F)F)nc1. The van der Waals surface area contributed by atoms with Crippen LogP contribution in [0, 0.1) is 0 Å². The van der Waals surface area contributed by atoms with Gasteiger partial charge in [-0.1, -0.05) is 18.2 Å². The maximum Gasteiger partial charge on any atom is 0.416 e. The number of alkyl halides is 3. The van der Waals surface area contributed by atoms with Crippen molar-refractivity contribution in [3.05, 3.63) is 59.1 Å². The molecule has 0 fully saturated rings. The molecule has 0 bridgehead atoms. The largest absolute Gasteiger partial charge is 0.495 e. The van der Waals surface area contributed by atoms with Gasteiger partial charge < -0.3 is 4.74 Å². The molecule has 1 unspecified atom stereocenters. The van der Waals surface area contributed by atoms with Gasteiger partial charge in [-0.3, -0.25) is 0 Å². The molecule has 0 saturated carbocycles. The van der Waals surface area contributed by atoms with E-state index < -0.39 is 22.5 Å². The molecule has 0 saturated heterocycles. The minimum atomic E-state index is -4.46. The highest BCUT2D eigenvalue weighted by Crippen LogP contribution is 2.32. The van der Waals surface area contributed by atoms with Gasteiger partial charge in [0, 0.05) is 5.41 Å². The lowest BCUT2D eigenvalue weighted by Crippen LogP contribution is -2.06. The summed E-state index contributed by atoms with van der Waals surface area (Å²) < 4.78 is 55.5. The predicted octanol–water partition coefficient (Wildman–Crippen LogP) is 3.89. The number of hydrogen-bond donors (Lipinski definition) is 0. The molecule has 1 aromatic heterocycles. The number of nitrogens with zero attached hydrogens (tertiary/aromatic N) is 1. The molecule has 0 aliphatic rings. The van der Waals surface area contributed by atoms with Gasteiger partial charge >= 0.3 is 6.18 Å². The normalized spacial score (nSPS) is 13.3. The van der Waals surface area contributed by atoms with E-state index in [1.54, 1.807) is 6.07 Å². The van der Waals surface area contributed by atoms with Crippen molar-refractivity contribution < 1.29 is 22.1 Å². The standard InChI is InChI=1S/C15H12F3NO2S/c1-21-12-6-7-14(19-10-12)22(20)9-8-11-4-2-3-5-13(11)15(16,17)18/h2-10H,1H3/b9-8+. The number of methoxy groups -OCH3 is 1. The summed E-state index contributed by atoms with van der Waals surface area (Å²) in [4.78, 5) is 3.93. The quantitative estimate of drug-likeness (QED) is 0.855. The molecule has 2 rings (SSSR count). The predicted molar refractivity (Wildman–Crippen MR) is 77.7 cm³/mol. The molecular formula is C15H12F3NO2S. The Morgan fingerprint density at radius 2 is 1.91 bits per heavy atom. The fourth-order valence-electron chi connectivity index (χ4n) is 1.71. The second-order valence-corrected chi connectivity index (χ2v) is 5.51. The Bertz CT molecular complexity index is 697. The zero-order chi connectivity index (χ0) is 16.2. The summed E-state index contributed by atoms with van der Waals surface area (Å²) >= 11 is 0. The molecule has 1 atom stereocenters. The van der Waals surface area contributed by atoms with Crippen LogP contribution in [0.15, 0.2) is 53.0 Å². The van der Waals surface area contributed by atoms with Crippen LogP contribution in [0.1, 0.15) is 11.1 Å². The fourth-order valence-corrected chi connectivity index (χ4v) is 2.48. The average molecular weight is 327 g/mol. The zero-order valence-electron chi connectivity index (χ0n) is 11.5. The number of halogens is 3. The molecule has 3 nitrogen and oxygen atoms in total. The number of benzene rings is 1. The van der Waals surface area contributed by atoms with Gasteiger partial charge in [-0.2, -0.15) is 13.2 Å². The van der Waals surface area contributed by atoms with E-state index in [1.165, 1.54) is 49.1 Å². The molecule has 1 aromatic carbocycles. The Labute approximate surface area is 127 Å². The lowest BCUT2D eigenvalue weighted by molar-refractivity contribution is -0.137. The third-order valence-corrected chi connectivity index (χ3v) is 3.83. The maximum absolute atomic E-state index is 12.8. The van der Waals surface area contributed by atoms with Crippen molar-refractivity contribution >= 4 is 16.9 Å². The van der Waals surface area contributed by atoms with Gasteiger partial charge in [-0.05, 0) is 29.8 Å². The monoisotopic (exact) mass is 327 g/mol. The van der Waals surface area contributed by atoms with Crippen LogP contribution in [0.4, 0.5) is 13.2 Å².